The molecule has 0 unspecified atom stereocenters. The van der Waals surface area contributed by atoms with Crippen molar-refractivity contribution in [1.82, 2.24) is 0 Å². The van der Waals surface area contributed by atoms with Crippen molar-refractivity contribution in [2.75, 3.05) is 0 Å². The molecule has 0 aromatic heterocycles. The van der Waals surface area contributed by atoms with Gasteiger partial charge < -0.3 is 0 Å². The first kappa shape index (κ1) is 85.5. The molecule has 0 atom stereocenters. The van der Waals surface area contributed by atoms with E-state index in [-0.39, 0.29) is 0 Å². The summed E-state index contributed by atoms with van der Waals surface area (Å²) in [7, 11) is 0. The first-order valence-electron chi connectivity index (χ1n) is 51.4. The smallest absolute Gasteiger partial charge is 0.00206 e. The summed E-state index contributed by atoms with van der Waals surface area (Å²) < 4.78 is 0. The third-order valence-electron chi connectivity index (χ3n) is 31.6. The maximum Gasteiger partial charge on any atom is -0.00206 e. The quantitative estimate of drug-likeness (QED) is 0.101. The van der Waals surface area contributed by atoms with Gasteiger partial charge in [0.05, 0.1) is 0 Å². The highest BCUT2D eigenvalue weighted by Crippen LogP contribution is 2.49. The second-order valence-electron chi connectivity index (χ2n) is 39.9. The standard InChI is InChI=1S/C56H34.C48H30.C44H28/c1-2-6-35(7-3-1)46-32-47(36-12-16-38(17-13-36)49-28-24-44-22-20-40-8-4-10-42-26-30-51(49)55(44)53(40)42)34-48(33-46)37-14-18-39(19-15-37)50-29-25-45-23-21-41-9-5-11-43-27-31-52(50)56(45)54(41)43;1-2-12-41-40(7-1)30-46(44-14-4-3-13-43(41)44)34-21-17-32(18-22-34)39-11-6-10-38(29-39)31-15-19-33(20-16-31)42-27-25-37-24-23-35-8-5-9-36-26-28-45(42)48(37)47(35)36;1-2-6-37-28-40(22-17-29(37)5-1)32-13-11-30(12-14-32)38-9-4-10-39(27-38)31-15-18-33(19-16-31)41-25-23-36-21-20-34-7-3-8-35-24-26-42(41)44(36)43(34)35/h1-34H;1-30H;1-28H. The van der Waals surface area contributed by atoms with Crippen LogP contribution in [-0.2, 0) is 0 Å². The Morgan fingerprint density at radius 3 is 0.595 bits per heavy atom. The minimum atomic E-state index is 1.20. The van der Waals surface area contributed by atoms with Gasteiger partial charge in [0.15, 0.2) is 0 Å². The molecular formula is C148H92. The monoisotopic (exact) mass is 1870 g/mol. The highest BCUT2D eigenvalue weighted by molar-refractivity contribution is 6.30. The predicted molar refractivity (Wildman–Crippen MR) is 637 cm³/mol. The summed E-state index contributed by atoms with van der Waals surface area (Å²) in [4.78, 5) is 0. The molecule has 684 valence electrons. The molecule has 0 N–H and O–H groups in total. The third kappa shape index (κ3) is 14.9. The average molecular weight is 1870 g/mol. The van der Waals surface area contributed by atoms with Crippen molar-refractivity contribution in [3.8, 4) is 145 Å². The summed E-state index contributed by atoms with van der Waals surface area (Å²) in [5.41, 5.74) is 32.1. The molecule has 31 aromatic carbocycles. The van der Waals surface area contributed by atoms with Gasteiger partial charge in [-0.05, 0) is 349 Å². The Morgan fingerprint density at radius 1 is 0.0676 bits per heavy atom. The zero-order valence-corrected chi connectivity index (χ0v) is 81.1. The summed E-state index contributed by atoms with van der Waals surface area (Å²) >= 11 is 0. The molecule has 0 amide bonds. The van der Waals surface area contributed by atoms with Crippen LogP contribution in [0.2, 0.25) is 0 Å². The molecule has 0 saturated carbocycles. The lowest BCUT2D eigenvalue weighted by Gasteiger charge is -2.15. The van der Waals surface area contributed by atoms with Gasteiger partial charge in [-0.15, -0.1) is 0 Å². The normalized spacial score (nSPS) is 11.8. The molecule has 31 rings (SSSR count). The van der Waals surface area contributed by atoms with E-state index in [0.717, 1.165) is 0 Å². The fourth-order valence-corrected chi connectivity index (χ4v) is 24.2. The number of hydrogen-bond donors (Lipinski definition) is 0. The van der Waals surface area contributed by atoms with Gasteiger partial charge in [0, 0.05) is 0 Å². The number of rotatable bonds is 13. The van der Waals surface area contributed by atoms with Crippen molar-refractivity contribution in [2.45, 2.75) is 0 Å². The van der Waals surface area contributed by atoms with E-state index in [1.165, 1.54) is 306 Å². The molecule has 0 spiro atoms. The van der Waals surface area contributed by atoms with E-state index in [0.29, 0.717) is 0 Å². The maximum atomic E-state index is 2.35. The van der Waals surface area contributed by atoms with E-state index in [4.69, 9.17) is 0 Å². The van der Waals surface area contributed by atoms with Crippen molar-refractivity contribution >= 4 is 162 Å². The van der Waals surface area contributed by atoms with E-state index in [2.05, 4.69) is 558 Å². The Morgan fingerprint density at radius 2 is 0.264 bits per heavy atom. The van der Waals surface area contributed by atoms with Gasteiger partial charge >= 0.3 is 0 Å². The van der Waals surface area contributed by atoms with Gasteiger partial charge in [0.2, 0.25) is 0 Å². The van der Waals surface area contributed by atoms with Crippen LogP contribution in [0.25, 0.3) is 306 Å². The molecule has 0 aliphatic rings. The minimum absolute atomic E-state index is 1.20. The van der Waals surface area contributed by atoms with Crippen molar-refractivity contribution in [1.29, 1.82) is 0 Å². The summed E-state index contributed by atoms with van der Waals surface area (Å²) in [6.07, 6.45) is 0. The van der Waals surface area contributed by atoms with Crippen LogP contribution in [0, 0.1) is 0 Å². The van der Waals surface area contributed by atoms with E-state index in [1.54, 1.807) is 0 Å². The van der Waals surface area contributed by atoms with Crippen LogP contribution in [0.3, 0.4) is 0 Å². The van der Waals surface area contributed by atoms with E-state index in [1.807, 2.05) is 0 Å². The number of hydrogen-bond acceptors (Lipinski definition) is 0. The average Bonchev–Trinajstić information content (AvgIpc) is 0.742. The fraction of sp³-hybridized carbons (Fsp3) is 0. The van der Waals surface area contributed by atoms with Gasteiger partial charge in [-0.1, -0.05) is 516 Å². The van der Waals surface area contributed by atoms with Gasteiger partial charge in [0.25, 0.3) is 0 Å². The molecule has 0 saturated heterocycles. The van der Waals surface area contributed by atoms with E-state index < -0.39 is 0 Å². The third-order valence-corrected chi connectivity index (χ3v) is 31.6. The summed E-state index contributed by atoms with van der Waals surface area (Å²) in [6, 6.07) is 206. The van der Waals surface area contributed by atoms with Gasteiger partial charge in [0.1, 0.15) is 0 Å². The van der Waals surface area contributed by atoms with Gasteiger partial charge in [-0.3, -0.25) is 0 Å². The largest absolute Gasteiger partial charge is 0.0622 e. The zero-order valence-electron chi connectivity index (χ0n) is 81.1. The van der Waals surface area contributed by atoms with E-state index >= 15 is 0 Å². The van der Waals surface area contributed by atoms with Crippen LogP contribution in [0.15, 0.2) is 558 Å². The predicted octanol–water partition coefficient (Wildman–Crippen LogP) is 41.8. The first-order valence-corrected chi connectivity index (χ1v) is 51.4. The molecule has 0 heteroatoms. The molecule has 148 heavy (non-hydrogen) atoms. The summed E-state index contributed by atoms with van der Waals surface area (Å²) in [6.45, 7) is 0. The van der Waals surface area contributed by atoms with Crippen LogP contribution in [0.4, 0.5) is 0 Å². The molecule has 0 aliphatic heterocycles. The topological polar surface area (TPSA) is 0 Å². The lowest BCUT2D eigenvalue weighted by atomic mass is 9.88. The van der Waals surface area contributed by atoms with Gasteiger partial charge in [-0.2, -0.15) is 0 Å². The van der Waals surface area contributed by atoms with Crippen LogP contribution in [-0.4, -0.2) is 0 Å². The molecule has 0 bridgehead atoms. The molecular weight excluding hydrogens is 1780 g/mol. The minimum Gasteiger partial charge on any atom is -0.0622 e. The second-order valence-corrected chi connectivity index (χ2v) is 39.9. The Bertz CT molecular complexity index is 10300. The van der Waals surface area contributed by atoms with Crippen molar-refractivity contribution in [2.24, 2.45) is 0 Å². The van der Waals surface area contributed by atoms with Gasteiger partial charge in [-0.25, -0.2) is 0 Å². The highest BCUT2D eigenvalue weighted by atomic mass is 14.3. The van der Waals surface area contributed by atoms with E-state index in [9.17, 15) is 0 Å². The maximum absolute atomic E-state index is 2.35. The number of benzene rings is 31. The summed E-state index contributed by atoms with van der Waals surface area (Å²) in [5, 5.41) is 39.4. The first-order chi connectivity index (χ1) is 73.3. The summed E-state index contributed by atoms with van der Waals surface area (Å²) in [5.74, 6) is 0. The van der Waals surface area contributed by atoms with Crippen molar-refractivity contribution in [3.63, 3.8) is 0 Å². The molecule has 31 aromatic rings. The van der Waals surface area contributed by atoms with Crippen molar-refractivity contribution < 1.29 is 0 Å². The second kappa shape index (κ2) is 35.4. The van der Waals surface area contributed by atoms with Crippen molar-refractivity contribution in [3.05, 3.63) is 558 Å². The number of fused-ring (bicyclic) bond motifs is 4. The fourth-order valence-electron chi connectivity index (χ4n) is 24.2. The van der Waals surface area contributed by atoms with Crippen LogP contribution in [0.5, 0.6) is 0 Å². The zero-order chi connectivity index (χ0) is 97.4. The molecule has 0 fully saturated rings. The Kier molecular flexibility index (Phi) is 20.5. The Hall–Kier alpha value is -19.2. The molecule has 0 nitrogen and oxygen atoms in total. The lowest BCUT2D eigenvalue weighted by Crippen LogP contribution is -1.89. The van der Waals surface area contributed by atoms with Crippen LogP contribution >= 0.6 is 0 Å². The Labute approximate surface area is 857 Å². The molecule has 0 radical (unpaired) electrons. The Balaban J connectivity index is 0.000000105. The molecule has 0 heterocycles. The van der Waals surface area contributed by atoms with Crippen LogP contribution in [0.1, 0.15) is 0 Å². The highest BCUT2D eigenvalue weighted by Gasteiger charge is 2.22. The molecule has 0 aliphatic carbocycles. The lowest BCUT2D eigenvalue weighted by molar-refractivity contribution is 1.56. The SMILES string of the molecule is c1cc(-c2ccc(-c3cc4ccccc4c4ccccc34)cc2)cc(-c2ccc(-c3ccc4ccc5cccc6ccc3c4c56)cc2)c1.c1cc(-c2ccc(-c3ccc4ccccc4c3)cc2)cc(-c2ccc(-c3ccc4ccc5cccc6ccc3c4c56)cc2)c1.c1ccc(-c2cc(-c3ccc(-c4ccc5ccc6cccc7ccc4c5c67)cc3)cc(-c3ccc(-c4ccc5ccc6cccc7ccc4c5c67)cc3)c2)cc1. The van der Waals surface area contributed by atoms with Crippen LogP contribution < -0.4 is 0 Å².